The minimum absolute atomic E-state index is 0.269. The van der Waals surface area contributed by atoms with E-state index in [2.05, 4.69) is 5.32 Å². The highest BCUT2D eigenvalue weighted by atomic mass is 32.2. The van der Waals surface area contributed by atoms with Gasteiger partial charge in [0.15, 0.2) is 0 Å². The molecule has 0 aromatic heterocycles. The number of nitrogens with zero attached hydrogens (tertiary/aromatic N) is 1. The van der Waals surface area contributed by atoms with Gasteiger partial charge in [0.05, 0.1) is 19.1 Å². The third-order valence-corrected chi connectivity index (χ3v) is 4.72. The molecule has 1 amide bonds. The molecule has 0 radical (unpaired) electrons. The largest absolute Gasteiger partial charge is 0.497 e. The molecule has 0 aliphatic rings. The molecule has 128 valence electrons. The van der Waals surface area contributed by atoms with Gasteiger partial charge < -0.3 is 10.1 Å². The van der Waals surface area contributed by atoms with E-state index >= 15 is 0 Å². The van der Waals surface area contributed by atoms with Crippen LogP contribution in [-0.2, 0) is 10.0 Å². The molecule has 0 atom stereocenters. The Balaban J connectivity index is 2.13. The van der Waals surface area contributed by atoms with Gasteiger partial charge in [-0.25, -0.2) is 8.42 Å². The van der Waals surface area contributed by atoms with Crippen molar-refractivity contribution in [2.75, 3.05) is 29.5 Å². The predicted octanol–water partition coefficient (Wildman–Crippen LogP) is 2.73. The second kappa shape index (κ2) is 7.35. The van der Waals surface area contributed by atoms with Crippen LogP contribution in [0.25, 0.3) is 0 Å². The van der Waals surface area contributed by atoms with Crippen LogP contribution in [0.15, 0.2) is 48.5 Å². The summed E-state index contributed by atoms with van der Waals surface area (Å²) in [6.45, 7) is 2.08. The number of methoxy groups -OCH3 is 1. The molecule has 0 spiro atoms. The lowest BCUT2D eigenvalue weighted by Crippen LogP contribution is -2.29. The van der Waals surface area contributed by atoms with Gasteiger partial charge in [-0.1, -0.05) is 0 Å². The number of hydrogen-bond acceptors (Lipinski definition) is 4. The summed E-state index contributed by atoms with van der Waals surface area (Å²) in [5.41, 5.74) is 1.62. The number of benzene rings is 2. The molecule has 0 aliphatic heterocycles. The minimum atomic E-state index is -3.34. The van der Waals surface area contributed by atoms with E-state index < -0.39 is 10.0 Å². The van der Waals surface area contributed by atoms with E-state index in [0.29, 0.717) is 29.2 Å². The van der Waals surface area contributed by atoms with Crippen molar-refractivity contribution >= 4 is 27.3 Å². The number of amides is 1. The van der Waals surface area contributed by atoms with E-state index in [-0.39, 0.29) is 5.91 Å². The fourth-order valence-electron chi connectivity index (χ4n) is 2.27. The molecule has 2 aromatic carbocycles. The Morgan fingerprint density at radius 2 is 1.67 bits per heavy atom. The maximum Gasteiger partial charge on any atom is 0.255 e. The standard InChI is InChI=1S/C17H20N2O4S/c1-4-19(24(3,21)22)15-9-5-13(6-10-15)17(20)18-14-7-11-16(23-2)12-8-14/h5-12H,4H2,1-3H3,(H,18,20). The van der Waals surface area contributed by atoms with Gasteiger partial charge in [0.2, 0.25) is 10.0 Å². The van der Waals surface area contributed by atoms with Crippen LogP contribution in [0.4, 0.5) is 11.4 Å². The fourth-order valence-corrected chi connectivity index (χ4v) is 3.24. The minimum Gasteiger partial charge on any atom is -0.497 e. The van der Waals surface area contributed by atoms with E-state index in [1.165, 1.54) is 4.31 Å². The van der Waals surface area contributed by atoms with Crippen LogP contribution < -0.4 is 14.4 Å². The van der Waals surface area contributed by atoms with Gasteiger partial charge in [-0.2, -0.15) is 0 Å². The Kier molecular flexibility index (Phi) is 5.46. The van der Waals surface area contributed by atoms with Gasteiger partial charge in [-0.3, -0.25) is 9.10 Å². The normalized spacial score (nSPS) is 11.0. The number of rotatable bonds is 6. The number of carbonyl (C=O) groups is 1. The van der Waals surface area contributed by atoms with Crippen molar-refractivity contribution in [1.29, 1.82) is 0 Å². The molecule has 6 nitrogen and oxygen atoms in total. The molecule has 0 aliphatic carbocycles. The molecule has 0 fully saturated rings. The highest BCUT2D eigenvalue weighted by molar-refractivity contribution is 7.92. The van der Waals surface area contributed by atoms with Crippen LogP contribution >= 0.6 is 0 Å². The predicted molar refractivity (Wildman–Crippen MR) is 95.3 cm³/mol. The zero-order valence-corrected chi connectivity index (χ0v) is 14.6. The number of carbonyl (C=O) groups excluding carboxylic acids is 1. The van der Waals surface area contributed by atoms with Crippen LogP contribution in [-0.4, -0.2) is 34.2 Å². The topological polar surface area (TPSA) is 75.7 Å². The second-order valence-corrected chi connectivity index (χ2v) is 7.06. The van der Waals surface area contributed by atoms with Crippen molar-refractivity contribution in [3.05, 3.63) is 54.1 Å². The summed E-state index contributed by atoms with van der Waals surface area (Å²) in [7, 11) is -1.76. The third kappa shape index (κ3) is 4.26. The van der Waals surface area contributed by atoms with Crippen molar-refractivity contribution in [3.63, 3.8) is 0 Å². The first kappa shape index (κ1) is 17.8. The summed E-state index contributed by atoms with van der Waals surface area (Å²) in [4.78, 5) is 12.2. The monoisotopic (exact) mass is 348 g/mol. The molecular formula is C17H20N2O4S. The smallest absolute Gasteiger partial charge is 0.255 e. The van der Waals surface area contributed by atoms with Crippen LogP contribution in [0.1, 0.15) is 17.3 Å². The Bertz CT molecular complexity index is 799. The maximum atomic E-state index is 12.2. The lowest BCUT2D eigenvalue weighted by Gasteiger charge is -2.20. The summed E-state index contributed by atoms with van der Waals surface area (Å²) < 4.78 is 29.8. The molecule has 2 aromatic rings. The molecule has 24 heavy (non-hydrogen) atoms. The average Bonchev–Trinajstić information content (AvgIpc) is 2.55. The first-order valence-electron chi connectivity index (χ1n) is 7.38. The molecule has 1 N–H and O–H groups in total. The van der Waals surface area contributed by atoms with Gasteiger partial charge >= 0.3 is 0 Å². The van der Waals surface area contributed by atoms with E-state index in [0.717, 1.165) is 6.26 Å². The SMILES string of the molecule is CCN(c1ccc(C(=O)Nc2ccc(OC)cc2)cc1)S(C)(=O)=O. The molecule has 0 unspecified atom stereocenters. The number of hydrogen-bond donors (Lipinski definition) is 1. The summed E-state index contributed by atoms with van der Waals surface area (Å²) in [5.74, 6) is 0.437. The first-order valence-corrected chi connectivity index (χ1v) is 9.23. The van der Waals surface area contributed by atoms with Crippen molar-refractivity contribution in [2.45, 2.75) is 6.92 Å². The third-order valence-electron chi connectivity index (χ3n) is 3.45. The average molecular weight is 348 g/mol. The van der Waals surface area contributed by atoms with Gasteiger partial charge in [0, 0.05) is 17.8 Å². The Morgan fingerprint density at radius 3 is 2.12 bits per heavy atom. The van der Waals surface area contributed by atoms with Gasteiger partial charge in [0.25, 0.3) is 5.91 Å². The Morgan fingerprint density at radius 1 is 1.08 bits per heavy atom. The zero-order chi connectivity index (χ0) is 17.7. The molecule has 0 saturated heterocycles. The summed E-state index contributed by atoms with van der Waals surface area (Å²) >= 11 is 0. The lowest BCUT2D eigenvalue weighted by molar-refractivity contribution is 0.102. The number of sulfonamides is 1. The Labute approximate surface area is 142 Å². The van der Waals surface area contributed by atoms with E-state index in [4.69, 9.17) is 4.74 Å². The zero-order valence-electron chi connectivity index (χ0n) is 13.8. The summed E-state index contributed by atoms with van der Waals surface area (Å²) in [5, 5.41) is 2.78. The van der Waals surface area contributed by atoms with Crippen LogP contribution in [0.3, 0.4) is 0 Å². The Hall–Kier alpha value is -2.54. The molecule has 7 heteroatoms. The quantitative estimate of drug-likeness (QED) is 0.871. The molecule has 0 bridgehead atoms. The van der Waals surface area contributed by atoms with E-state index in [1.807, 2.05) is 0 Å². The van der Waals surface area contributed by atoms with Gasteiger partial charge in [0.1, 0.15) is 5.75 Å². The number of nitrogens with one attached hydrogen (secondary N) is 1. The number of anilines is 2. The van der Waals surface area contributed by atoms with Crippen molar-refractivity contribution < 1.29 is 17.9 Å². The summed E-state index contributed by atoms with van der Waals surface area (Å²) in [6, 6.07) is 13.4. The van der Waals surface area contributed by atoms with Crippen molar-refractivity contribution in [3.8, 4) is 5.75 Å². The highest BCUT2D eigenvalue weighted by Gasteiger charge is 2.15. The lowest BCUT2D eigenvalue weighted by atomic mass is 10.2. The van der Waals surface area contributed by atoms with Crippen LogP contribution in [0.5, 0.6) is 5.75 Å². The van der Waals surface area contributed by atoms with E-state index in [1.54, 1.807) is 62.6 Å². The van der Waals surface area contributed by atoms with Crippen LogP contribution in [0.2, 0.25) is 0 Å². The second-order valence-electron chi connectivity index (χ2n) is 5.16. The fraction of sp³-hybridized carbons (Fsp3) is 0.235. The van der Waals surface area contributed by atoms with E-state index in [9.17, 15) is 13.2 Å². The highest BCUT2D eigenvalue weighted by Crippen LogP contribution is 2.19. The van der Waals surface area contributed by atoms with Crippen molar-refractivity contribution in [2.24, 2.45) is 0 Å². The molecule has 2 rings (SSSR count). The molecular weight excluding hydrogens is 328 g/mol. The number of ether oxygens (including phenoxy) is 1. The summed E-state index contributed by atoms with van der Waals surface area (Å²) in [6.07, 6.45) is 1.15. The van der Waals surface area contributed by atoms with Crippen LogP contribution in [0, 0.1) is 0 Å². The van der Waals surface area contributed by atoms with Gasteiger partial charge in [-0.15, -0.1) is 0 Å². The maximum absolute atomic E-state index is 12.2. The molecule has 0 saturated carbocycles. The van der Waals surface area contributed by atoms with Gasteiger partial charge in [-0.05, 0) is 55.5 Å². The molecule has 0 heterocycles. The first-order chi connectivity index (χ1) is 11.3. The van der Waals surface area contributed by atoms with Crippen molar-refractivity contribution in [1.82, 2.24) is 0 Å².